The molecule has 27 heavy (non-hydrogen) atoms. The Kier molecular flexibility index (Phi) is 5.33. The number of amides is 1. The van der Waals surface area contributed by atoms with E-state index in [1.807, 2.05) is 0 Å². The second kappa shape index (κ2) is 8.04. The summed E-state index contributed by atoms with van der Waals surface area (Å²) in [6.45, 7) is 1.86. The van der Waals surface area contributed by atoms with Crippen LogP contribution in [0.5, 0.6) is 5.75 Å². The number of carbonyl (C=O) groups is 1. The molecule has 1 aromatic carbocycles. The van der Waals surface area contributed by atoms with E-state index in [1.54, 1.807) is 23.0 Å². The number of piperidine rings is 1. The van der Waals surface area contributed by atoms with Gasteiger partial charge in [-0.1, -0.05) is 5.21 Å². The van der Waals surface area contributed by atoms with Gasteiger partial charge in [0.25, 0.3) is 5.91 Å². The van der Waals surface area contributed by atoms with Gasteiger partial charge in [-0.25, -0.2) is 9.07 Å². The van der Waals surface area contributed by atoms with Crippen molar-refractivity contribution < 1.29 is 13.9 Å². The van der Waals surface area contributed by atoms with Crippen LogP contribution < -0.4 is 15.4 Å². The molecule has 4 rings (SSSR count). The van der Waals surface area contributed by atoms with Gasteiger partial charge in [-0.05, 0) is 63.7 Å². The first kappa shape index (κ1) is 17.9. The average Bonchev–Trinajstić information content (AvgIpc) is 3.37. The smallest absolute Gasteiger partial charge is 0.277 e. The molecule has 0 atom stereocenters. The lowest BCUT2D eigenvalue weighted by atomic mass is 10.1. The minimum absolute atomic E-state index is 0.0879. The summed E-state index contributed by atoms with van der Waals surface area (Å²) in [5, 5.41) is 14.0. The molecule has 0 unspecified atom stereocenters. The first-order chi connectivity index (χ1) is 13.2. The number of hydrogen-bond donors (Lipinski definition) is 2. The molecule has 1 saturated heterocycles. The maximum atomic E-state index is 14.3. The van der Waals surface area contributed by atoms with E-state index in [0.717, 1.165) is 51.6 Å². The van der Waals surface area contributed by atoms with Crippen molar-refractivity contribution in [1.29, 1.82) is 0 Å². The Morgan fingerprint density at radius 2 is 2.00 bits per heavy atom. The van der Waals surface area contributed by atoms with Crippen LogP contribution in [0.25, 0.3) is 0 Å². The summed E-state index contributed by atoms with van der Waals surface area (Å²) in [7, 11) is 0. The Labute approximate surface area is 157 Å². The van der Waals surface area contributed by atoms with E-state index < -0.39 is 11.7 Å². The van der Waals surface area contributed by atoms with Gasteiger partial charge in [0.15, 0.2) is 17.3 Å². The maximum Gasteiger partial charge on any atom is 0.277 e. The van der Waals surface area contributed by atoms with E-state index in [9.17, 15) is 9.18 Å². The first-order valence-corrected chi connectivity index (χ1v) is 9.59. The highest BCUT2D eigenvalue weighted by atomic mass is 19.1. The summed E-state index contributed by atoms with van der Waals surface area (Å²) < 4.78 is 21.7. The van der Waals surface area contributed by atoms with Crippen LogP contribution in [0.15, 0.2) is 24.4 Å². The third-order valence-corrected chi connectivity index (χ3v) is 5.21. The number of aromatic nitrogens is 3. The fourth-order valence-electron chi connectivity index (χ4n) is 3.69. The number of benzene rings is 1. The van der Waals surface area contributed by atoms with Crippen molar-refractivity contribution in [3.8, 4) is 5.75 Å². The highest BCUT2D eigenvalue weighted by molar-refractivity contribution is 6.02. The van der Waals surface area contributed by atoms with E-state index in [1.165, 1.54) is 6.07 Å². The van der Waals surface area contributed by atoms with Crippen LogP contribution in [-0.2, 0) is 0 Å². The van der Waals surface area contributed by atoms with Crippen LogP contribution >= 0.6 is 0 Å². The summed E-state index contributed by atoms with van der Waals surface area (Å²) in [6.07, 6.45) is 7.83. The molecule has 7 nitrogen and oxygen atoms in total. The zero-order valence-electron chi connectivity index (χ0n) is 15.2. The van der Waals surface area contributed by atoms with E-state index in [-0.39, 0.29) is 23.6 Å². The summed E-state index contributed by atoms with van der Waals surface area (Å²) in [5.74, 6) is -0.645. The molecule has 2 fully saturated rings. The zero-order valence-corrected chi connectivity index (χ0v) is 15.2. The number of ether oxygens (including phenoxy) is 1. The van der Waals surface area contributed by atoms with Crippen LogP contribution in [0.3, 0.4) is 0 Å². The minimum atomic E-state index is -0.474. The van der Waals surface area contributed by atoms with Crippen molar-refractivity contribution in [2.45, 2.75) is 50.7 Å². The molecule has 0 radical (unpaired) electrons. The molecular weight excluding hydrogens is 349 g/mol. The Balaban J connectivity index is 1.39. The molecule has 2 aliphatic rings. The van der Waals surface area contributed by atoms with E-state index >= 15 is 0 Å². The second-order valence-corrected chi connectivity index (χ2v) is 7.19. The molecular formula is C19H24FN5O2. The van der Waals surface area contributed by atoms with E-state index in [2.05, 4.69) is 20.9 Å². The molecule has 8 heteroatoms. The lowest BCUT2D eigenvalue weighted by Crippen LogP contribution is -2.29. The Bertz CT molecular complexity index is 797. The minimum Gasteiger partial charge on any atom is -0.487 e. The van der Waals surface area contributed by atoms with Gasteiger partial charge in [0.05, 0.1) is 18.3 Å². The van der Waals surface area contributed by atoms with Crippen molar-refractivity contribution >= 4 is 11.6 Å². The van der Waals surface area contributed by atoms with Crippen LogP contribution in [0.4, 0.5) is 10.1 Å². The fourth-order valence-corrected chi connectivity index (χ4v) is 3.69. The van der Waals surface area contributed by atoms with Gasteiger partial charge >= 0.3 is 0 Å². The molecule has 1 aliphatic heterocycles. The van der Waals surface area contributed by atoms with Crippen LogP contribution in [-0.4, -0.2) is 40.1 Å². The average molecular weight is 373 g/mol. The standard InChI is InChI=1S/C19H24FN5O2/c20-16-11-13(5-6-18(16)27-15-3-1-2-4-15)22-19(26)17-12-25(24-23-17)14-7-9-21-10-8-14/h5-6,11-12,14-15,21H,1-4,7-10H2,(H,22,26). The lowest BCUT2D eigenvalue weighted by Gasteiger charge is -2.22. The molecule has 1 aliphatic carbocycles. The molecule has 2 heterocycles. The first-order valence-electron chi connectivity index (χ1n) is 9.59. The topological polar surface area (TPSA) is 81.1 Å². The van der Waals surface area contributed by atoms with Gasteiger partial charge in [-0.3, -0.25) is 4.79 Å². The predicted octanol–water partition coefficient (Wildman–Crippen LogP) is 2.92. The van der Waals surface area contributed by atoms with Crippen LogP contribution in [0.1, 0.15) is 55.1 Å². The van der Waals surface area contributed by atoms with E-state index in [4.69, 9.17) is 4.74 Å². The molecule has 2 aromatic rings. The summed E-state index contributed by atoms with van der Waals surface area (Å²) in [4.78, 5) is 12.4. The molecule has 144 valence electrons. The quantitative estimate of drug-likeness (QED) is 0.842. The largest absolute Gasteiger partial charge is 0.487 e. The van der Waals surface area contributed by atoms with Gasteiger partial charge in [-0.15, -0.1) is 5.10 Å². The number of nitrogens with zero attached hydrogens (tertiary/aromatic N) is 3. The van der Waals surface area contributed by atoms with E-state index in [0.29, 0.717) is 5.69 Å². The Morgan fingerprint density at radius 1 is 1.22 bits per heavy atom. The third-order valence-electron chi connectivity index (χ3n) is 5.21. The molecule has 0 spiro atoms. The zero-order chi connectivity index (χ0) is 18.6. The Hall–Kier alpha value is -2.48. The second-order valence-electron chi connectivity index (χ2n) is 7.19. The molecule has 1 aromatic heterocycles. The van der Waals surface area contributed by atoms with Crippen molar-refractivity contribution in [3.63, 3.8) is 0 Å². The highest BCUT2D eigenvalue weighted by Crippen LogP contribution is 2.27. The van der Waals surface area contributed by atoms with Crippen molar-refractivity contribution in [1.82, 2.24) is 20.3 Å². The molecule has 2 N–H and O–H groups in total. The fraction of sp³-hybridized carbons (Fsp3) is 0.526. The summed E-state index contributed by atoms with van der Waals surface area (Å²) in [6, 6.07) is 4.74. The van der Waals surface area contributed by atoms with Gasteiger partial charge in [0, 0.05) is 11.8 Å². The monoisotopic (exact) mass is 373 g/mol. The lowest BCUT2D eigenvalue weighted by molar-refractivity contribution is 0.102. The molecule has 1 amide bonds. The Morgan fingerprint density at radius 3 is 2.74 bits per heavy atom. The number of rotatable bonds is 5. The number of hydrogen-bond acceptors (Lipinski definition) is 5. The van der Waals surface area contributed by atoms with Crippen molar-refractivity contribution in [3.05, 3.63) is 35.9 Å². The van der Waals surface area contributed by atoms with Gasteiger partial charge in [-0.2, -0.15) is 0 Å². The number of anilines is 1. The maximum absolute atomic E-state index is 14.3. The number of halogens is 1. The third kappa shape index (κ3) is 4.27. The molecule has 1 saturated carbocycles. The van der Waals surface area contributed by atoms with Crippen molar-refractivity contribution in [2.24, 2.45) is 0 Å². The van der Waals surface area contributed by atoms with Crippen LogP contribution in [0.2, 0.25) is 0 Å². The van der Waals surface area contributed by atoms with Crippen LogP contribution in [0, 0.1) is 5.82 Å². The molecule has 0 bridgehead atoms. The summed E-state index contributed by atoms with van der Waals surface area (Å²) in [5.41, 5.74) is 0.591. The van der Waals surface area contributed by atoms with Crippen molar-refractivity contribution in [2.75, 3.05) is 18.4 Å². The number of nitrogens with one attached hydrogen (secondary N) is 2. The highest BCUT2D eigenvalue weighted by Gasteiger charge is 2.20. The summed E-state index contributed by atoms with van der Waals surface area (Å²) >= 11 is 0. The SMILES string of the molecule is O=C(Nc1ccc(OC2CCCC2)c(F)c1)c1cn(C2CCNCC2)nn1. The van der Waals surface area contributed by atoms with Gasteiger partial charge in [0.1, 0.15) is 0 Å². The normalized spacial score (nSPS) is 18.6. The van der Waals surface area contributed by atoms with Gasteiger partial charge in [0.2, 0.25) is 0 Å². The predicted molar refractivity (Wildman–Crippen MR) is 98.4 cm³/mol. The number of carbonyl (C=O) groups excluding carboxylic acids is 1. The van der Waals surface area contributed by atoms with Gasteiger partial charge < -0.3 is 15.4 Å².